The van der Waals surface area contributed by atoms with Crippen LogP contribution < -0.4 is 10.2 Å². The van der Waals surface area contributed by atoms with Crippen molar-refractivity contribution >= 4 is 23.4 Å². The largest absolute Gasteiger partial charge is 0.365 e. The fourth-order valence-corrected chi connectivity index (χ4v) is 6.01. The summed E-state index contributed by atoms with van der Waals surface area (Å²) in [6.07, 6.45) is 4.93. The van der Waals surface area contributed by atoms with Crippen LogP contribution in [0.3, 0.4) is 0 Å². The Labute approximate surface area is 197 Å². The third-order valence-electron chi connectivity index (χ3n) is 6.93. The molecule has 4 nitrogen and oxygen atoms in total. The number of hydrogen-bond acceptors (Lipinski definition) is 4. The molecular weight excluding hydrogens is 414 g/mol. The number of hydrogen-bond donors (Lipinski definition) is 1. The smallest absolute Gasteiger partial charge is 0.251 e. The number of aryl methyl sites for hydroxylation is 1. The van der Waals surface area contributed by atoms with Crippen molar-refractivity contribution < 1.29 is 4.79 Å². The molecule has 2 aromatic rings. The van der Waals surface area contributed by atoms with E-state index in [9.17, 15) is 4.79 Å². The molecule has 1 amide bonds. The third kappa shape index (κ3) is 5.68. The fourth-order valence-electron chi connectivity index (χ4n) is 4.97. The maximum atomic E-state index is 12.9. The van der Waals surface area contributed by atoms with Crippen molar-refractivity contribution in [2.45, 2.75) is 70.0 Å². The summed E-state index contributed by atoms with van der Waals surface area (Å²) < 4.78 is 0. The zero-order valence-electron chi connectivity index (χ0n) is 19.8. The van der Waals surface area contributed by atoms with Crippen molar-refractivity contribution in [3.05, 3.63) is 59.2 Å². The lowest BCUT2D eigenvalue weighted by Gasteiger charge is -2.39. The number of anilines is 1. The summed E-state index contributed by atoms with van der Waals surface area (Å²) in [7, 11) is 0. The van der Waals surface area contributed by atoms with Crippen LogP contribution in [0.15, 0.2) is 47.4 Å². The maximum absolute atomic E-state index is 12.9. The van der Waals surface area contributed by atoms with Gasteiger partial charge in [-0.2, -0.15) is 0 Å². The van der Waals surface area contributed by atoms with Gasteiger partial charge in [-0.05, 0) is 63.8 Å². The van der Waals surface area contributed by atoms with Gasteiger partial charge in [-0.25, -0.2) is 0 Å². The highest BCUT2D eigenvalue weighted by atomic mass is 32.2. The van der Waals surface area contributed by atoms with Gasteiger partial charge in [-0.15, -0.1) is 11.8 Å². The zero-order chi connectivity index (χ0) is 22.5. The van der Waals surface area contributed by atoms with E-state index in [2.05, 4.69) is 72.3 Å². The van der Waals surface area contributed by atoms with Crippen LogP contribution in [0.5, 0.6) is 0 Å². The molecule has 32 heavy (non-hydrogen) atoms. The molecule has 2 aromatic carbocycles. The van der Waals surface area contributed by atoms with Crippen molar-refractivity contribution in [3.8, 4) is 0 Å². The molecule has 2 heterocycles. The molecule has 2 atom stereocenters. The third-order valence-corrected chi connectivity index (χ3v) is 7.97. The number of nitrogens with one attached hydrogen (secondary N) is 1. The van der Waals surface area contributed by atoms with Gasteiger partial charge in [0, 0.05) is 54.5 Å². The van der Waals surface area contributed by atoms with Crippen LogP contribution in [0.2, 0.25) is 0 Å². The van der Waals surface area contributed by atoms with Gasteiger partial charge >= 0.3 is 0 Å². The number of benzene rings is 2. The summed E-state index contributed by atoms with van der Waals surface area (Å²) in [4.78, 5) is 19.1. The average molecular weight is 452 g/mol. The van der Waals surface area contributed by atoms with E-state index in [-0.39, 0.29) is 5.91 Å². The van der Waals surface area contributed by atoms with Gasteiger partial charge in [-0.1, -0.05) is 36.2 Å². The highest BCUT2D eigenvalue weighted by Gasteiger charge is 2.24. The van der Waals surface area contributed by atoms with Gasteiger partial charge < -0.3 is 10.2 Å². The Bertz CT molecular complexity index is 904. The first-order chi connectivity index (χ1) is 15.5. The SMILES string of the molecule is Cc1ccc(CN2CCSc3ccc(C(=O)NCCCN4C(C)CCCC4C)cc32)cc1. The van der Waals surface area contributed by atoms with E-state index in [4.69, 9.17) is 0 Å². The Balaban J connectivity index is 1.34. The van der Waals surface area contributed by atoms with E-state index in [0.29, 0.717) is 12.1 Å². The molecule has 0 radical (unpaired) electrons. The summed E-state index contributed by atoms with van der Waals surface area (Å²) in [5.74, 6) is 1.12. The molecule has 4 rings (SSSR count). The van der Waals surface area contributed by atoms with Crippen molar-refractivity contribution in [3.63, 3.8) is 0 Å². The van der Waals surface area contributed by atoms with E-state index in [0.717, 1.165) is 43.9 Å². The number of thioether (sulfide) groups is 1. The first-order valence-corrected chi connectivity index (χ1v) is 13.1. The number of nitrogens with zero attached hydrogens (tertiary/aromatic N) is 2. The Morgan fingerprint density at radius 3 is 2.59 bits per heavy atom. The van der Waals surface area contributed by atoms with Crippen LogP contribution >= 0.6 is 11.8 Å². The van der Waals surface area contributed by atoms with Crippen LogP contribution in [0.1, 0.15) is 61.0 Å². The van der Waals surface area contributed by atoms with Gasteiger partial charge in [0.1, 0.15) is 0 Å². The number of amides is 1. The van der Waals surface area contributed by atoms with Gasteiger partial charge in [-0.3, -0.25) is 9.69 Å². The summed E-state index contributed by atoms with van der Waals surface area (Å²) in [6.45, 7) is 10.5. The number of carbonyl (C=O) groups excluding carboxylic acids is 1. The van der Waals surface area contributed by atoms with Gasteiger partial charge in [0.2, 0.25) is 0 Å². The molecule has 1 fully saturated rings. The van der Waals surface area contributed by atoms with Crippen LogP contribution in [0, 0.1) is 6.92 Å². The van der Waals surface area contributed by atoms with Crippen LogP contribution in [0.4, 0.5) is 5.69 Å². The van der Waals surface area contributed by atoms with Crippen LogP contribution in [0.25, 0.3) is 0 Å². The molecule has 2 aliphatic heterocycles. The highest BCUT2D eigenvalue weighted by Crippen LogP contribution is 2.36. The van der Waals surface area contributed by atoms with Gasteiger partial charge in [0.05, 0.1) is 5.69 Å². The minimum absolute atomic E-state index is 0.0402. The summed E-state index contributed by atoms with van der Waals surface area (Å²) in [5.41, 5.74) is 4.54. The molecule has 172 valence electrons. The molecule has 0 aromatic heterocycles. The lowest BCUT2D eigenvalue weighted by atomic mass is 9.97. The van der Waals surface area contributed by atoms with Crippen molar-refractivity contribution in [1.29, 1.82) is 0 Å². The molecule has 0 aliphatic carbocycles. The first kappa shape index (κ1) is 23.2. The predicted molar refractivity (Wildman–Crippen MR) is 136 cm³/mol. The number of rotatable bonds is 7. The fraction of sp³-hybridized carbons (Fsp3) is 0.519. The second-order valence-corrected chi connectivity index (χ2v) is 10.6. The average Bonchev–Trinajstić information content (AvgIpc) is 2.79. The van der Waals surface area contributed by atoms with E-state index in [1.165, 1.54) is 41.0 Å². The summed E-state index contributed by atoms with van der Waals surface area (Å²) >= 11 is 1.88. The standard InChI is InChI=1S/C27H37N3OS/c1-20-8-10-23(11-9-20)19-29-16-17-32-26-13-12-24(18-25(26)29)27(31)28-14-5-15-30-21(2)6-4-7-22(30)3/h8-13,18,21-22H,4-7,14-17,19H2,1-3H3,(H,28,31). The Morgan fingerprint density at radius 1 is 1.09 bits per heavy atom. The zero-order valence-corrected chi connectivity index (χ0v) is 20.6. The Morgan fingerprint density at radius 2 is 1.84 bits per heavy atom. The molecule has 0 bridgehead atoms. The minimum atomic E-state index is 0.0402. The predicted octanol–water partition coefficient (Wildman–Crippen LogP) is 5.49. The summed E-state index contributed by atoms with van der Waals surface area (Å²) in [6, 6.07) is 16.3. The Kier molecular flexibility index (Phi) is 7.80. The van der Waals surface area contributed by atoms with E-state index < -0.39 is 0 Å². The molecule has 0 saturated carbocycles. The summed E-state index contributed by atoms with van der Waals surface area (Å²) in [5, 5.41) is 3.15. The number of fused-ring (bicyclic) bond motifs is 1. The van der Waals surface area contributed by atoms with E-state index in [1.807, 2.05) is 17.8 Å². The topological polar surface area (TPSA) is 35.6 Å². The number of likely N-dealkylation sites (tertiary alicyclic amines) is 1. The lowest BCUT2D eigenvalue weighted by molar-refractivity contribution is 0.0925. The van der Waals surface area contributed by atoms with E-state index >= 15 is 0 Å². The second kappa shape index (κ2) is 10.8. The van der Waals surface area contributed by atoms with Crippen molar-refractivity contribution in [2.24, 2.45) is 0 Å². The van der Waals surface area contributed by atoms with Crippen molar-refractivity contribution in [2.75, 3.05) is 30.3 Å². The number of carbonyl (C=O) groups is 1. The number of piperidine rings is 1. The maximum Gasteiger partial charge on any atom is 0.251 e. The molecule has 0 spiro atoms. The molecule has 1 saturated heterocycles. The normalized spacial score (nSPS) is 21.3. The molecule has 5 heteroatoms. The first-order valence-electron chi connectivity index (χ1n) is 12.1. The van der Waals surface area contributed by atoms with Gasteiger partial charge in [0.25, 0.3) is 5.91 Å². The van der Waals surface area contributed by atoms with Crippen LogP contribution in [-0.4, -0.2) is 48.3 Å². The van der Waals surface area contributed by atoms with Crippen LogP contribution in [-0.2, 0) is 6.54 Å². The molecule has 1 N–H and O–H groups in total. The molecule has 2 unspecified atom stereocenters. The molecular formula is C27H37N3OS. The quantitative estimate of drug-likeness (QED) is 0.565. The molecule has 2 aliphatic rings. The highest BCUT2D eigenvalue weighted by molar-refractivity contribution is 7.99. The van der Waals surface area contributed by atoms with Crippen molar-refractivity contribution in [1.82, 2.24) is 10.2 Å². The Hall–Kier alpha value is -1.98. The second-order valence-electron chi connectivity index (χ2n) is 9.41. The minimum Gasteiger partial charge on any atom is -0.365 e. The van der Waals surface area contributed by atoms with E-state index in [1.54, 1.807) is 0 Å². The monoisotopic (exact) mass is 451 g/mol. The lowest BCUT2D eigenvalue weighted by Crippen LogP contribution is -2.44. The van der Waals surface area contributed by atoms with Gasteiger partial charge in [0.15, 0.2) is 0 Å².